The molecule has 132 valence electrons. The van der Waals surface area contributed by atoms with Crippen LogP contribution in [0.1, 0.15) is 12.5 Å². The van der Waals surface area contributed by atoms with E-state index in [0.29, 0.717) is 12.4 Å². The summed E-state index contributed by atoms with van der Waals surface area (Å²) in [6, 6.07) is 4.06. The molecule has 0 aliphatic rings. The summed E-state index contributed by atoms with van der Waals surface area (Å²) in [5, 5.41) is 17.5. The molecule has 0 unspecified atom stereocenters. The summed E-state index contributed by atoms with van der Waals surface area (Å²) < 4.78 is 1.63. The fourth-order valence-corrected chi connectivity index (χ4v) is 3.25. The number of rotatable bonds is 7. The van der Waals surface area contributed by atoms with Gasteiger partial charge in [0.05, 0.1) is 17.6 Å². The predicted octanol–water partition coefficient (Wildman–Crippen LogP) is 1.92. The van der Waals surface area contributed by atoms with Crippen molar-refractivity contribution in [3.63, 3.8) is 0 Å². The zero-order valence-corrected chi connectivity index (χ0v) is 15.3. The van der Waals surface area contributed by atoms with E-state index < -0.39 is 0 Å². The summed E-state index contributed by atoms with van der Waals surface area (Å²) in [6.45, 7) is 3.63. The molecule has 25 heavy (non-hydrogen) atoms. The molecule has 0 spiro atoms. The van der Waals surface area contributed by atoms with Gasteiger partial charge in [0.2, 0.25) is 5.91 Å². The molecule has 0 bridgehead atoms. The fraction of sp³-hybridized carbons (Fsp3) is 0.375. The van der Waals surface area contributed by atoms with Crippen molar-refractivity contribution >= 4 is 23.1 Å². The monoisotopic (exact) mass is 359 g/mol. The second-order valence-corrected chi connectivity index (χ2v) is 6.83. The maximum atomic E-state index is 12.1. The molecule has 0 saturated carbocycles. The van der Waals surface area contributed by atoms with Crippen molar-refractivity contribution < 1.29 is 4.79 Å². The lowest BCUT2D eigenvalue weighted by atomic mass is 10.2. The number of amides is 1. The van der Waals surface area contributed by atoms with Gasteiger partial charge in [-0.1, -0.05) is 0 Å². The molecule has 0 radical (unpaired) electrons. The van der Waals surface area contributed by atoms with E-state index in [1.807, 2.05) is 33.3 Å². The average Bonchev–Trinajstić information content (AvgIpc) is 3.27. The Hall–Kier alpha value is -2.52. The SMILES string of the molecule is CCn1ncc(NC(=O)Cn2ccc(-c3cc(CN(C)C)cs3)n2)n1. The molecule has 0 saturated heterocycles. The number of anilines is 1. The van der Waals surface area contributed by atoms with Crippen LogP contribution in [0.15, 0.2) is 29.9 Å². The summed E-state index contributed by atoms with van der Waals surface area (Å²) in [5.74, 6) is 0.267. The highest BCUT2D eigenvalue weighted by molar-refractivity contribution is 7.13. The highest BCUT2D eigenvalue weighted by Crippen LogP contribution is 2.26. The molecule has 3 aromatic heterocycles. The first kappa shape index (κ1) is 17.3. The van der Waals surface area contributed by atoms with Crippen molar-refractivity contribution in [3.05, 3.63) is 35.5 Å². The zero-order chi connectivity index (χ0) is 17.8. The molecule has 3 rings (SSSR count). The highest BCUT2D eigenvalue weighted by atomic mass is 32.1. The lowest BCUT2D eigenvalue weighted by Crippen LogP contribution is -2.19. The van der Waals surface area contributed by atoms with E-state index in [2.05, 4.69) is 37.0 Å². The number of hydrogen-bond acceptors (Lipinski definition) is 6. The standard InChI is InChI=1S/C16H21N7OS/c1-4-23-17-8-15(20-23)18-16(24)10-22-6-5-13(19-22)14-7-12(11-25-14)9-21(2)3/h5-8,11H,4,9-10H2,1-3H3,(H,18,20,24). The summed E-state index contributed by atoms with van der Waals surface area (Å²) in [4.78, 5) is 16.8. The molecular weight excluding hydrogens is 338 g/mol. The van der Waals surface area contributed by atoms with Gasteiger partial charge in [-0.15, -0.1) is 16.4 Å². The minimum absolute atomic E-state index is 0.134. The number of carbonyl (C=O) groups excluding carboxylic acids is 1. The van der Waals surface area contributed by atoms with Crippen LogP contribution >= 0.6 is 11.3 Å². The number of aryl methyl sites for hydroxylation is 1. The van der Waals surface area contributed by atoms with E-state index in [9.17, 15) is 4.79 Å². The Kier molecular flexibility index (Phi) is 5.25. The summed E-state index contributed by atoms with van der Waals surface area (Å²) in [5.41, 5.74) is 2.14. The topological polar surface area (TPSA) is 80.9 Å². The normalized spacial score (nSPS) is 11.2. The molecule has 3 heterocycles. The highest BCUT2D eigenvalue weighted by Gasteiger charge is 2.10. The summed E-state index contributed by atoms with van der Waals surface area (Å²) in [7, 11) is 4.09. The Morgan fingerprint density at radius 2 is 2.20 bits per heavy atom. The van der Waals surface area contributed by atoms with Crippen molar-refractivity contribution in [3.8, 4) is 10.6 Å². The van der Waals surface area contributed by atoms with Gasteiger partial charge in [0.15, 0.2) is 5.82 Å². The minimum Gasteiger partial charge on any atom is -0.306 e. The number of nitrogens with zero attached hydrogens (tertiary/aromatic N) is 6. The molecule has 1 amide bonds. The van der Waals surface area contributed by atoms with Crippen LogP contribution < -0.4 is 5.32 Å². The number of carbonyl (C=O) groups is 1. The average molecular weight is 359 g/mol. The van der Waals surface area contributed by atoms with Gasteiger partial charge in [0, 0.05) is 12.7 Å². The first-order valence-corrected chi connectivity index (χ1v) is 8.87. The Morgan fingerprint density at radius 1 is 1.36 bits per heavy atom. The van der Waals surface area contributed by atoms with Gasteiger partial charge in [-0.25, -0.2) is 0 Å². The fourth-order valence-electron chi connectivity index (χ4n) is 2.38. The molecule has 0 aliphatic carbocycles. The van der Waals surface area contributed by atoms with Crippen LogP contribution in [0, 0.1) is 0 Å². The van der Waals surface area contributed by atoms with Crippen molar-refractivity contribution in [2.45, 2.75) is 26.6 Å². The van der Waals surface area contributed by atoms with Crippen molar-refractivity contribution in [2.75, 3.05) is 19.4 Å². The van der Waals surface area contributed by atoms with E-state index in [1.54, 1.807) is 16.0 Å². The second kappa shape index (κ2) is 7.58. The van der Waals surface area contributed by atoms with Crippen LogP contribution in [0.25, 0.3) is 10.6 Å². The lowest BCUT2D eigenvalue weighted by Gasteiger charge is -2.06. The molecule has 8 nitrogen and oxygen atoms in total. The molecule has 0 fully saturated rings. The quantitative estimate of drug-likeness (QED) is 0.697. The Labute approximate surface area is 150 Å². The Morgan fingerprint density at radius 3 is 2.92 bits per heavy atom. The molecule has 1 N–H and O–H groups in total. The van der Waals surface area contributed by atoms with Crippen LogP contribution in [0.4, 0.5) is 5.82 Å². The van der Waals surface area contributed by atoms with Crippen LogP contribution in [0.5, 0.6) is 0 Å². The van der Waals surface area contributed by atoms with E-state index in [4.69, 9.17) is 0 Å². The number of nitrogens with one attached hydrogen (secondary N) is 1. The Balaban J connectivity index is 1.61. The van der Waals surface area contributed by atoms with Gasteiger partial charge in [0.25, 0.3) is 0 Å². The van der Waals surface area contributed by atoms with Gasteiger partial charge in [-0.3, -0.25) is 9.48 Å². The minimum atomic E-state index is -0.183. The van der Waals surface area contributed by atoms with Crippen LogP contribution in [0.2, 0.25) is 0 Å². The third-order valence-electron chi connectivity index (χ3n) is 3.44. The van der Waals surface area contributed by atoms with Crippen LogP contribution in [-0.4, -0.2) is 49.7 Å². The number of aromatic nitrogens is 5. The van der Waals surface area contributed by atoms with Gasteiger partial charge >= 0.3 is 0 Å². The number of thiophene rings is 1. The first-order valence-electron chi connectivity index (χ1n) is 7.99. The largest absolute Gasteiger partial charge is 0.306 e. The Bertz CT molecular complexity index is 848. The van der Waals surface area contributed by atoms with E-state index in [1.165, 1.54) is 16.6 Å². The maximum Gasteiger partial charge on any atom is 0.247 e. The molecule has 0 atom stereocenters. The first-order chi connectivity index (χ1) is 12.0. The van der Waals surface area contributed by atoms with Crippen molar-refractivity contribution in [1.82, 2.24) is 29.7 Å². The summed E-state index contributed by atoms with van der Waals surface area (Å²) in [6.07, 6.45) is 3.34. The molecular formula is C16H21N7OS. The molecule has 0 aromatic carbocycles. The maximum absolute atomic E-state index is 12.1. The van der Waals surface area contributed by atoms with Gasteiger partial charge in [0.1, 0.15) is 12.2 Å². The van der Waals surface area contributed by atoms with Crippen LogP contribution in [-0.2, 0) is 24.4 Å². The molecule has 3 aromatic rings. The van der Waals surface area contributed by atoms with Crippen molar-refractivity contribution in [1.29, 1.82) is 0 Å². The second-order valence-electron chi connectivity index (χ2n) is 5.92. The third kappa shape index (κ3) is 4.52. The molecule has 9 heteroatoms. The van der Waals surface area contributed by atoms with Gasteiger partial charge in [-0.05, 0) is 44.1 Å². The lowest BCUT2D eigenvalue weighted by molar-refractivity contribution is -0.116. The molecule has 0 aliphatic heterocycles. The third-order valence-corrected chi connectivity index (χ3v) is 4.44. The smallest absolute Gasteiger partial charge is 0.247 e. The van der Waals surface area contributed by atoms with Gasteiger partial charge in [-0.2, -0.15) is 15.0 Å². The predicted molar refractivity (Wildman–Crippen MR) is 97.3 cm³/mol. The number of hydrogen-bond donors (Lipinski definition) is 1. The van der Waals surface area contributed by atoms with Crippen LogP contribution in [0.3, 0.4) is 0 Å². The summed E-state index contributed by atoms with van der Waals surface area (Å²) >= 11 is 1.66. The van der Waals surface area contributed by atoms with E-state index in [-0.39, 0.29) is 12.5 Å². The van der Waals surface area contributed by atoms with E-state index in [0.717, 1.165) is 17.1 Å². The zero-order valence-electron chi connectivity index (χ0n) is 14.5. The van der Waals surface area contributed by atoms with Gasteiger partial charge < -0.3 is 10.2 Å². The van der Waals surface area contributed by atoms with Crippen molar-refractivity contribution in [2.24, 2.45) is 0 Å². The van der Waals surface area contributed by atoms with E-state index >= 15 is 0 Å².